The first-order chi connectivity index (χ1) is 4.91. The first-order valence-electron chi connectivity index (χ1n) is 2.91. The van der Waals surface area contributed by atoms with E-state index in [0.717, 1.165) is 0 Å². The molecular weight excluding hydrogens is 152 g/mol. The molecule has 0 saturated heterocycles. The van der Waals surface area contributed by atoms with Gasteiger partial charge in [0.1, 0.15) is 0 Å². The van der Waals surface area contributed by atoms with Crippen LogP contribution in [0.1, 0.15) is 13.8 Å². The van der Waals surface area contributed by atoms with Crippen LogP contribution in [0.25, 0.3) is 0 Å². The minimum atomic E-state index is -1.83. The molecule has 0 rings (SSSR count). The highest BCUT2D eigenvalue weighted by Crippen LogP contribution is 1.91. The van der Waals surface area contributed by atoms with E-state index >= 15 is 0 Å². The molecule has 0 unspecified atom stereocenters. The van der Waals surface area contributed by atoms with Gasteiger partial charge < -0.3 is 14.9 Å². The molecule has 0 aliphatic heterocycles. The smallest absolute Gasteiger partial charge is 0.469 e. The molecule has 5 heteroatoms. The van der Waals surface area contributed by atoms with Gasteiger partial charge in [0.25, 0.3) is 0 Å². The lowest BCUT2D eigenvalue weighted by atomic mass is 10.2. The van der Waals surface area contributed by atoms with Crippen LogP contribution in [0.4, 0.5) is 4.79 Å². The Labute approximate surface area is 64.6 Å². The average Bonchev–Trinajstić information content (AvgIpc) is 1.85. The summed E-state index contributed by atoms with van der Waals surface area (Å²) in [5, 5.41) is 13.9. The standard InChI is InChI=1S/C5H10O2.CH2O3/c1-4(2)5(6)7-3;2-1(3)4/h4H,1-3H3;(H2,2,3,4). The quantitative estimate of drug-likeness (QED) is 0.565. The van der Waals surface area contributed by atoms with Crippen LogP contribution in [0.5, 0.6) is 0 Å². The average molecular weight is 164 g/mol. The zero-order valence-corrected chi connectivity index (χ0v) is 6.70. The number of esters is 1. The molecule has 5 nitrogen and oxygen atoms in total. The van der Waals surface area contributed by atoms with Crippen LogP contribution in [-0.4, -0.2) is 29.4 Å². The zero-order chi connectivity index (χ0) is 9.44. The van der Waals surface area contributed by atoms with Crippen molar-refractivity contribution in [2.24, 2.45) is 5.92 Å². The Morgan fingerprint density at radius 2 is 1.55 bits per heavy atom. The molecule has 0 aromatic carbocycles. The van der Waals surface area contributed by atoms with Crippen molar-refractivity contribution >= 4 is 12.1 Å². The van der Waals surface area contributed by atoms with Crippen LogP contribution in [0.3, 0.4) is 0 Å². The maximum absolute atomic E-state index is 10.3. The number of hydrogen-bond donors (Lipinski definition) is 2. The molecule has 11 heavy (non-hydrogen) atoms. The Morgan fingerprint density at radius 1 is 1.27 bits per heavy atom. The largest absolute Gasteiger partial charge is 0.503 e. The number of ether oxygens (including phenoxy) is 1. The molecule has 0 spiro atoms. The molecule has 0 aliphatic carbocycles. The van der Waals surface area contributed by atoms with Gasteiger partial charge in [0.15, 0.2) is 0 Å². The summed E-state index contributed by atoms with van der Waals surface area (Å²) in [6.07, 6.45) is -1.83. The van der Waals surface area contributed by atoms with E-state index in [1.165, 1.54) is 7.11 Å². The van der Waals surface area contributed by atoms with E-state index in [4.69, 9.17) is 15.0 Å². The highest BCUT2D eigenvalue weighted by molar-refractivity contribution is 5.71. The first kappa shape index (κ1) is 12.4. The second kappa shape index (κ2) is 6.85. The molecule has 2 N–H and O–H groups in total. The summed E-state index contributed by atoms with van der Waals surface area (Å²) in [4.78, 5) is 18.8. The van der Waals surface area contributed by atoms with Gasteiger partial charge in [0.05, 0.1) is 13.0 Å². The number of rotatable bonds is 1. The van der Waals surface area contributed by atoms with Crippen molar-refractivity contribution in [2.45, 2.75) is 13.8 Å². The van der Waals surface area contributed by atoms with E-state index in [-0.39, 0.29) is 11.9 Å². The lowest BCUT2D eigenvalue weighted by Crippen LogP contribution is -2.07. The Balaban J connectivity index is 0. The van der Waals surface area contributed by atoms with Crippen molar-refractivity contribution < 1.29 is 24.5 Å². The maximum atomic E-state index is 10.3. The van der Waals surface area contributed by atoms with E-state index in [0.29, 0.717) is 0 Å². The summed E-state index contributed by atoms with van der Waals surface area (Å²) in [7, 11) is 1.39. The predicted molar refractivity (Wildman–Crippen MR) is 37.5 cm³/mol. The predicted octanol–water partition coefficient (Wildman–Crippen LogP) is 1.04. The van der Waals surface area contributed by atoms with E-state index in [1.54, 1.807) is 13.8 Å². The van der Waals surface area contributed by atoms with E-state index in [1.807, 2.05) is 0 Å². The number of methoxy groups -OCH3 is 1. The summed E-state index contributed by atoms with van der Waals surface area (Å²) in [5.41, 5.74) is 0. The second-order valence-corrected chi connectivity index (χ2v) is 1.96. The van der Waals surface area contributed by atoms with Crippen LogP contribution in [0.15, 0.2) is 0 Å². The fourth-order valence-electron chi connectivity index (χ4n) is 0.236. The SMILES string of the molecule is COC(=O)C(C)C.O=C(O)O. The van der Waals surface area contributed by atoms with Gasteiger partial charge in [-0.15, -0.1) is 0 Å². The van der Waals surface area contributed by atoms with E-state index in [9.17, 15) is 4.79 Å². The molecule has 0 saturated carbocycles. The van der Waals surface area contributed by atoms with Gasteiger partial charge in [-0.2, -0.15) is 0 Å². The van der Waals surface area contributed by atoms with Crippen molar-refractivity contribution in [1.82, 2.24) is 0 Å². The molecule has 0 bridgehead atoms. The molecule has 0 aromatic rings. The molecule has 0 fully saturated rings. The topological polar surface area (TPSA) is 83.8 Å². The summed E-state index contributed by atoms with van der Waals surface area (Å²) in [6.45, 7) is 3.59. The van der Waals surface area contributed by atoms with Crippen molar-refractivity contribution in [3.63, 3.8) is 0 Å². The normalized spacial score (nSPS) is 8.00. The van der Waals surface area contributed by atoms with Gasteiger partial charge in [-0.1, -0.05) is 13.8 Å². The Morgan fingerprint density at radius 3 is 1.55 bits per heavy atom. The van der Waals surface area contributed by atoms with Crippen molar-refractivity contribution in [3.05, 3.63) is 0 Å². The maximum Gasteiger partial charge on any atom is 0.503 e. The summed E-state index contributed by atoms with van der Waals surface area (Å²) in [5.74, 6) is -0.148. The van der Waals surface area contributed by atoms with Gasteiger partial charge in [-0.05, 0) is 0 Å². The van der Waals surface area contributed by atoms with Gasteiger partial charge >= 0.3 is 12.1 Å². The van der Waals surface area contributed by atoms with Crippen LogP contribution < -0.4 is 0 Å². The van der Waals surface area contributed by atoms with Crippen LogP contribution in [0, 0.1) is 5.92 Å². The number of carbonyl (C=O) groups excluding carboxylic acids is 1. The lowest BCUT2D eigenvalue weighted by Gasteiger charge is -1.97. The number of hydrogen-bond acceptors (Lipinski definition) is 3. The third kappa shape index (κ3) is 17.7. The molecule has 0 heterocycles. The molecule has 0 aromatic heterocycles. The fourth-order valence-corrected chi connectivity index (χ4v) is 0.236. The fraction of sp³-hybridized carbons (Fsp3) is 0.667. The van der Waals surface area contributed by atoms with Crippen LogP contribution in [0.2, 0.25) is 0 Å². The van der Waals surface area contributed by atoms with Gasteiger partial charge in [0.2, 0.25) is 0 Å². The highest BCUT2D eigenvalue weighted by atomic mass is 16.6. The monoisotopic (exact) mass is 164 g/mol. The molecule has 0 aliphatic rings. The molecule has 0 amide bonds. The van der Waals surface area contributed by atoms with Crippen molar-refractivity contribution in [3.8, 4) is 0 Å². The van der Waals surface area contributed by atoms with E-state index in [2.05, 4.69) is 4.74 Å². The molecule has 0 atom stereocenters. The minimum absolute atomic E-state index is 0.00463. The minimum Gasteiger partial charge on any atom is -0.469 e. The van der Waals surface area contributed by atoms with Crippen LogP contribution in [-0.2, 0) is 9.53 Å². The van der Waals surface area contributed by atoms with Crippen LogP contribution >= 0.6 is 0 Å². The second-order valence-electron chi connectivity index (χ2n) is 1.96. The third-order valence-electron chi connectivity index (χ3n) is 0.673. The number of carbonyl (C=O) groups is 2. The van der Waals surface area contributed by atoms with Gasteiger partial charge in [-0.25, -0.2) is 4.79 Å². The lowest BCUT2D eigenvalue weighted by molar-refractivity contribution is -0.144. The Bertz CT molecular complexity index is 125. The Hall–Kier alpha value is -1.26. The summed E-state index contributed by atoms with van der Waals surface area (Å²) < 4.78 is 4.37. The first-order valence-corrected chi connectivity index (χ1v) is 2.91. The molecular formula is C6H12O5. The van der Waals surface area contributed by atoms with Gasteiger partial charge in [-0.3, -0.25) is 4.79 Å². The summed E-state index contributed by atoms with van der Waals surface area (Å²) in [6, 6.07) is 0. The molecule has 0 radical (unpaired) electrons. The van der Waals surface area contributed by atoms with Crippen molar-refractivity contribution in [2.75, 3.05) is 7.11 Å². The summed E-state index contributed by atoms with van der Waals surface area (Å²) >= 11 is 0. The zero-order valence-electron chi connectivity index (χ0n) is 6.70. The molecule has 66 valence electrons. The highest BCUT2D eigenvalue weighted by Gasteiger charge is 2.03. The van der Waals surface area contributed by atoms with Gasteiger partial charge in [0, 0.05) is 0 Å². The number of carboxylic acid groups (broad SMARTS) is 2. The Kier molecular flexibility index (Phi) is 7.74. The van der Waals surface area contributed by atoms with Crippen molar-refractivity contribution in [1.29, 1.82) is 0 Å². The third-order valence-corrected chi connectivity index (χ3v) is 0.673. The van der Waals surface area contributed by atoms with E-state index < -0.39 is 6.16 Å².